The van der Waals surface area contributed by atoms with E-state index in [1.165, 1.54) is 0 Å². The largest absolute Gasteiger partial charge is 0.457 e. The fourth-order valence-electron chi connectivity index (χ4n) is 4.62. The second kappa shape index (κ2) is 15.5. The Bertz CT molecular complexity index is 1320. The highest BCUT2D eigenvalue weighted by Gasteiger charge is 2.23. The van der Waals surface area contributed by atoms with E-state index in [1.807, 2.05) is 67.7 Å². The number of nitrogens with zero attached hydrogens (tertiary/aromatic N) is 2. The lowest BCUT2D eigenvalue weighted by Crippen LogP contribution is -2.39. The molecule has 0 bridgehead atoms. The average molecular weight is 596 g/mol. The topological polar surface area (TPSA) is 73.9 Å². The number of likely N-dealkylation sites (N-methyl/N-ethyl adjacent to an activating group) is 1. The molecule has 0 saturated carbocycles. The number of urea groups is 1. The molecule has 0 radical (unpaired) electrons. The van der Waals surface area contributed by atoms with E-state index < -0.39 is 0 Å². The van der Waals surface area contributed by atoms with E-state index in [1.54, 1.807) is 29.2 Å². The molecule has 3 amide bonds. The molecule has 1 atom stereocenters. The highest BCUT2D eigenvalue weighted by atomic mass is 35.5. The molecule has 1 heterocycles. The van der Waals surface area contributed by atoms with Crippen LogP contribution in [0.15, 0.2) is 78.9 Å². The summed E-state index contributed by atoms with van der Waals surface area (Å²) in [7, 11) is 1.82. The van der Waals surface area contributed by atoms with Gasteiger partial charge >= 0.3 is 6.03 Å². The van der Waals surface area contributed by atoms with Crippen molar-refractivity contribution in [2.45, 2.75) is 31.7 Å². The monoisotopic (exact) mass is 594 g/mol. The highest BCUT2D eigenvalue weighted by Crippen LogP contribution is 2.24. The van der Waals surface area contributed by atoms with Gasteiger partial charge in [-0.15, -0.1) is 0 Å². The molecule has 1 aliphatic heterocycles. The predicted octanol–water partition coefficient (Wildman–Crippen LogP) is 7.32. The van der Waals surface area contributed by atoms with E-state index in [0.717, 1.165) is 56.6 Å². The molecule has 0 aromatic heterocycles. The average Bonchev–Trinajstić information content (AvgIpc) is 3.41. The molecular formula is C32H36Cl2N4O3. The molecule has 3 aromatic rings. The number of anilines is 1. The second-order valence-corrected chi connectivity index (χ2v) is 11.0. The van der Waals surface area contributed by atoms with Crippen LogP contribution in [0.3, 0.4) is 0 Å². The smallest absolute Gasteiger partial charge is 0.319 e. The Morgan fingerprint density at radius 2 is 1.73 bits per heavy atom. The number of likely N-dealkylation sites (tertiary alicyclic amines) is 1. The Labute approximate surface area is 252 Å². The number of para-hydroxylation sites is 1. The normalized spacial score (nSPS) is 15.1. The summed E-state index contributed by atoms with van der Waals surface area (Å²) < 4.78 is 5.80. The molecule has 9 heteroatoms. The number of nitrogens with one attached hydrogen (secondary N) is 2. The molecule has 1 unspecified atom stereocenters. The van der Waals surface area contributed by atoms with Crippen molar-refractivity contribution < 1.29 is 14.3 Å². The summed E-state index contributed by atoms with van der Waals surface area (Å²) in [5, 5.41) is 6.95. The van der Waals surface area contributed by atoms with Crippen LogP contribution >= 0.6 is 23.2 Å². The van der Waals surface area contributed by atoms with Crippen LogP contribution in [-0.4, -0.2) is 61.0 Å². The molecular weight excluding hydrogens is 559 g/mol. The highest BCUT2D eigenvalue weighted by molar-refractivity contribution is 6.42. The number of hydrogen-bond donors (Lipinski definition) is 2. The third-order valence-electron chi connectivity index (χ3n) is 6.90. The quantitative estimate of drug-likeness (QED) is 0.170. The number of rotatable bonds is 12. The van der Waals surface area contributed by atoms with Crippen molar-refractivity contribution >= 4 is 46.9 Å². The minimum absolute atomic E-state index is 0.0423. The van der Waals surface area contributed by atoms with Crippen molar-refractivity contribution in [1.29, 1.82) is 0 Å². The fourth-order valence-corrected chi connectivity index (χ4v) is 4.93. The standard InChI is InChI=1S/C32H36Cl2N4O3/c1-37(31(39)17-11-24-10-16-29(33)30(34)22-24)19-6-3-7-20-38-21-18-26(23-38)36-32(40)35-25-12-14-28(15-13-25)41-27-8-4-2-5-9-27/h2,4-5,8-17,22,26H,3,6-7,18-21,23H2,1H3,(H2,35,36,40)/b17-11+. The summed E-state index contributed by atoms with van der Waals surface area (Å²) in [5.74, 6) is 1.44. The number of benzene rings is 3. The van der Waals surface area contributed by atoms with E-state index in [2.05, 4.69) is 15.5 Å². The minimum Gasteiger partial charge on any atom is -0.457 e. The number of ether oxygens (including phenoxy) is 1. The maximum atomic E-state index is 12.5. The van der Waals surface area contributed by atoms with Crippen LogP contribution < -0.4 is 15.4 Å². The summed E-state index contributed by atoms with van der Waals surface area (Å²) in [6.45, 7) is 3.50. The van der Waals surface area contributed by atoms with Crippen molar-refractivity contribution in [3.63, 3.8) is 0 Å². The van der Waals surface area contributed by atoms with Gasteiger partial charge in [-0.05, 0) is 86.0 Å². The summed E-state index contributed by atoms with van der Waals surface area (Å²) in [4.78, 5) is 29.0. The maximum absolute atomic E-state index is 12.5. The molecule has 4 rings (SSSR count). The van der Waals surface area contributed by atoms with Gasteiger partial charge in [-0.2, -0.15) is 0 Å². The van der Waals surface area contributed by atoms with Crippen LogP contribution in [-0.2, 0) is 4.79 Å². The zero-order valence-electron chi connectivity index (χ0n) is 23.2. The van der Waals surface area contributed by atoms with Crippen molar-refractivity contribution in [2.24, 2.45) is 0 Å². The Morgan fingerprint density at radius 1 is 0.976 bits per heavy atom. The Kier molecular flexibility index (Phi) is 11.5. The summed E-state index contributed by atoms with van der Waals surface area (Å²) in [6.07, 6.45) is 7.26. The molecule has 3 aromatic carbocycles. The zero-order valence-corrected chi connectivity index (χ0v) is 24.7. The van der Waals surface area contributed by atoms with Gasteiger partial charge in [0.1, 0.15) is 11.5 Å². The van der Waals surface area contributed by atoms with Crippen LogP contribution in [0.25, 0.3) is 6.08 Å². The Morgan fingerprint density at radius 3 is 2.49 bits per heavy atom. The summed E-state index contributed by atoms with van der Waals surface area (Å²) in [5.41, 5.74) is 1.55. The van der Waals surface area contributed by atoms with Crippen molar-refractivity contribution in [3.05, 3.63) is 94.5 Å². The van der Waals surface area contributed by atoms with Gasteiger partial charge < -0.3 is 25.2 Å². The van der Waals surface area contributed by atoms with Crippen LogP contribution in [0.2, 0.25) is 10.0 Å². The van der Waals surface area contributed by atoms with E-state index in [4.69, 9.17) is 27.9 Å². The molecule has 0 spiro atoms. The summed E-state index contributed by atoms with van der Waals surface area (Å²) >= 11 is 12.0. The van der Waals surface area contributed by atoms with Crippen LogP contribution in [0.4, 0.5) is 10.5 Å². The van der Waals surface area contributed by atoms with E-state index in [-0.39, 0.29) is 18.0 Å². The van der Waals surface area contributed by atoms with Gasteiger partial charge in [-0.25, -0.2) is 4.79 Å². The Hall–Kier alpha value is -3.52. The van der Waals surface area contributed by atoms with Gasteiger partial charge in [0, 0.05) is 44.5 Å². The Balaban J connectivity index is 1.07. The first-order chi connectivity index (χ1) is 19.9. The number of halogens is 2. The lowest BCUT2D eigenvalue weighted by molar-refractivity contribution is -0.124. The predicted molar refractivity (Wildman–Crippen MR) is 167 cm³/mol. The second-order valence-electron chi connectivity index (χ2n) is 10.2. The van der Waals surface area contributed by atoms with Gasteiger partial charge in [0.2, 0.25) is 5.91 Å². The number of hydrogen-bond acceptors (Lipinski definition) is 4. The van der Waals surface area contributed by atoms with E-state index >= 15 is 0 Å². The fraction of sp³-hybridized carbons (Fsp3) is 0.312. The number of unbranched alkanes of at least 4 members (excludes halogenated alkanes) is 2. The molecule has 1 saturated heterocycles. The first-order valence-corrected chi connectivity index (χ1v) is 14.6. The number of amides is 3. The third-order valence-corrected chi connectivity index (χ3v) is 7.64. The lowest BCUT2D eigenvalue weighted by Gasteiger charge is -2.18. The first kappa shape index (κ1) is 30.4. The van der Waals surface area contributed by atoms with Gasteiger partial charge in [0.15, 0.2) is 0 Å². The van der Waals surface area contributed by atoms with E-state index in [0.29, 0.717) is 28.0 Å². The molecule has 0 aliphatic carbocycles. The minimum atomic E-state index is -0.200. The molecule has 2 N–H and O–H groups in total. The molecule has 1 aliphatic rings. The SMILES string of the molecule is CN(CCCCCN1CCC(NC(=O)Nc2ccc(Oc3ccccc3)cc2)C1)C(=O)/C=C/c1ccc(Cl)c(Cl)c1. The van der Waals surface area contributed by atoms with Gasteiger partial charge in [-0.3, -0.25) is 4.79 Å². The molecule has 216 valence electrons. The van der Waals surface area contributed by atoms with Crippen LogP contribution in [0, 0.1) is 0 Å². The van der Waals surface area contributed by atoms with Crippen molar-refractivity contribution in [2.75, 3.05) is 38.5 Å². The maximum Gasteiger partial charge on any atom is 0.319 e. The van der Waals surface area contributed by atoms with Gasteiger partial charge in [0.25, 0.3) is 0 Å². The zero-order chi connectivity index (χ0) is 29.0. The molecule has 41 heavy (non-hydrogen) atoms. The van der Waals surface area contributed by atoms with Crippen LogP contribution in [0.5, 0.6) is 11.5 Å². The first-order valence-electron chi connectivity index (χ1n) is 13.9. The number of carbonyl (C=O) groups is 2. The van der Waals surface area contributed by atoms with Crippen LogP contribution in [0.1, 0.15) is 31.2 Å². The van der Waals surface area contributed by atoms with Crippen molar-refractivity contribution in [3.8, 4) is 11.5 Å². The third kappa shape index (κ3) is 10.1. The molecule has 1 fully saturated rings. The summed E-state index contributed by atoms with van der Waals surface area (Å²) in [6, 6.07) is 22.1. The molecule has 7 nitrogen and oxygen atoms in total. The lowest BCUT2D eigenvalue weighted by atomic mass is 10.2. The van der Waals surface area contributed by atoms with Crippen molar-refractivity contribution in [1.82, 2.24) is 15.1 Å². The van der Waals surface area contributed by atoms with E-state index in [9.17, 15) is 9.59 Å². The number of carbonyl (C=O) groups excluding carboxylic acids is 2. The van der Waals surface area contributed by atoms with Gasteiger partial charge in [-0.1, -0.05) is 53.9 Å². The van der Waals surface area contributed by atoms with Gasteiger partial charge in [0.05, 0.1) is 10.0 Å².